The van der Waals surface area contributed by atoms with Gasteiger partial charge in [-0.3, -0.25) is 0 Å². The van der Waals surface area contributed by atoms with Gasteiger partial charge in [-0.15, -0.1) is 0 Å². The Balaban J connectivity index is 2.42. The SMILES string of the molecule is CO/C=C/C(=O)OCc1ccc(OC)cc1. The maximum absolute atomic E-state index is 11.1. The highest BCUT2D eigenvalue weighted by Gasteiger charge is 1.99. The van der Waals surface area contributed by atoms with Crippen LogP contribution in [0.25, 0.3) is 0 Å². The second-order valence-electron chi connectivity index (χ2n) is 2.99. The van der Waals surface area contributed by atoms with Gasteiger partial charge in [-0.25, -0.2) is 4.79 Å². The van der Waals surface area contributed by atoms with Crippen molar-refractivity contribution in [2.24, 2.45) is 0 Å². The number of rotatable bonds is 5. The van der Waals surface area contributed by atoms with Crippen LogP contribution in [-0.4, -0.2) is 20.2 Å². The minimum absolute atomic E-state index is 0.233. The Morgan fingerprint density at radius 1 is 1.25 bits per heavy atom. The van der Waals surface area contributed by atoms with Crippen molar-refractivity contribution in [3.63, 3.8) is 0 Å². The second kappa shape index (κ2) is 6.50. The fraction of sp³-hybridized carbons (Fsp3) is 0.250. The Bertz CT molecular complexity index is 354. The van der Waals surface area contributed by atoms with E-state index in [1.54, 1.807) is 7.11 Å². The van der Waals surface area contributed by atoms with Gasteiger partial charge >= 0.3 is 5.97 Å². The number of hydrogen-bond acceptors (Lipinski definition) is 4. The van der Waals surface area contributed by atoms with Crippen LogP contribution in [0.15, 0.2) is 36.6 Å². The van der Waals surface area contributed by atoms with Crippen LogP contribution >= 0.6 is 0 Å². The van der Waals surface area contributed by atoms with Crippen molar-refractivity contribution in [2.75, 3.05) is 14.2 Å². The highest BCUT2D eigenvalue weighted by molar-refractivity contribution is 5.81. The first-order valence-electron chi connectivity index (χ1n) is 4.75. The molecular formula is C12H14O4. The van der Waals surface area contributed by atoms with E-state index in [1.807, 2.05) is 24.3 Å². The van der Waals surface area contributed by atoms with Crippen LogP contribution in [0.3, 0.4) is 0 Å². The Morgan fingerprint density at radius 3 is 2.50 bits per heavy atom. The summed E-state index contributed by atoms with van der Waals surface area (Å²) < 4.78 is 14.6. The first kappa shape index (κ1) is 12.1. The van der Waals surface area contributed by atoms with Crippen molar-refractivity contribution < 1.29 is 19.0 Å². The monoisotopic (exact) mass is 222 g/mol. The molecule has 0 amide bonds. The van der Waals surface area contributed by atoms with E-state index < -0.39 is 5.97 Å². The molecule has 0 heterocycles. The van der Waals surface area contributed by atoms with E-state index >= 15 is 0 Å². The normalized spacial score (nSPS) is 10.1. The van der Waals surface area contributed by atoms with Crippen LogP contribution in [0, 0.1) is 0 Å². The first-order valence-corrected chi connectivity index (χ1v) is 4.75. The first-order chi connectivity index (χ1) is 7.76. The second-order valence-corrected chi connectivity index (χ2v) is 2.99. The van der Waals surface area contributed by atoms with Crippen molar-refractivity contribution in [3.05, 3.63) is 42.2 Å². The molecule has 0 saturated carbocycles. The number of ether oxygens (including phenoxy) is 3. The lowest BCUT2D eigenvalue weighted by Crippen LogP contribution is -2.00. The van der Waals surface area contributed by atoms with Crippen LogP contribution in [0.5, 0.6) is 5.75 Å². The zero-order chi connectivity index (χ0) is 11.8. The molecule has 16 heavy (non-hydrogen) atoms. The van der Waals surface area contributed by atoms with Crippen molar-refractivity contribution in [1.29, 1.82) is 0 Å². The van der Waals surface area contributed by atoms with Gasteiger partial charge in [-0.1, -0.05) is 12.1 Å². The summed E-state index contributed by atoms with van der Waals surface area (Å²) in [4.78, 5) is 11.1. The van der Waals surface area contributed by atoms with Crippen LogP contribution in [-0.2, 0) is 20.9 Å². The average Bonchev–Trinajstić information content (AvgIpc) is 2.34. The molecule has 86 valence electrons. The lowest BCUT2D eigenvalue weighted by molar-refractivity contribution is -0.139. The molecule has 0 fully saturated rings. The highest BCUT2D eigenvalue weighted by atomic mass is 16.5. The smallest absolute Gasteiger partial charge is 0.334 e. The van der Waals surface area contributed by atoms with E-state index in [9.17, 15) is 4.79 Å². The summed E-state index contributed by atoms with van der Waals surface area (Å²) in [5.41, 5.74) is 0.903. The molecule has 0 aliphatic heterocycles. The Kier molecular flexibility index (Phi) is 4.92. The van der Waals surface area contributed by atoms with Crippen LogP contribution in [0.2, 0.25) is 0 Å². The van der Waals surface area contributed by atoms with Crippen molar-refractivity contribution in [3.8, 4) is 5.75 Å². The summed E-state index contributed by atoms with van der Waals surface area (Å²) in [5.74, 6) is 0.340. The number of esters is 1. The van der Waals surface area contributed by atoms with Crippen LogP contribution < -0.4 is 4.74 Å². The molecule has 0 saturated heterocycles. The van der Waals surface area contributed by atoms with Crippen LogP contribution in [0.4, 0.5) is 0 Å². The minimum atomic E-state index is -0.433. The number of hydrogen-bond donors (Lipinski definition) is 0. The Hall–Kier alpha value is -1.97. The molecule has 4 heteroatoms. The molecular weight excluding hydrogens is 208 g/mol. The third-order valence-corrected chi connectivity index (χ3v) is 1.88. The number of carbonyl (C=O) groups excluding carboxylic acids is 1. The zero-order valence-corrected chi connectivity index (χ0v) is 9.30. The molecule has 0 atom stereocenters. The van der Waals surface area contributed by atoms with E-state index in [4.69, 9.17) is 9.47 Å². The largest absolute Gasteiger partial charge is 0.504 e. The van der Waals surface area contributed by atoms with Gasteiger partial charge in [-0.05, 0) is 17.7 Å². The minimum Gasteiger partial charge on any atom is -0.504 e. The lowest BCUT2D eigenvalue weighted by Gasteiger charge is -2.03. The molecule has 4 nitrogen and oxygen atoms in total. The molecule has 0 bridgehead atoms. The summed E-state index contributed by atoms with van der Waals surface area (Å²) in [7, 11) is 3.07. The third kappa shape index (κ3) is 4.04. The van der Waals surface area contributed by atoms with E-state index in [2.05, 4.69) is 4.74 Å². The molecule has 0 aliphatic rings. The van der Waals surface area contributed by atoms with Crippen molar-refractivity contribution >= 4 is 5.97 Å². The summed E-state index contributed by atoms with van der Waals surface area (Å²) in [5, 5.41) is 0. The molecule has 0 spiro atoms. The van der Waals surface area contributed by atoms with Gasteiger partial charge in [0, 0.05) is 0 Å². The van der Waals surface area contributed by atoms with Crippen LogP contribution in [0.1, 0.15) is 5.56 Å². The van der Waals surface area contributed by atoms with Gasteiger partial charge in [-0.2, -0.15) is 0 Å². The fourth-order valence-corrected chi connectivity index (χ4v) is 1.05. The molecule has 0 N–H and O–H groups in total. The molecule has 0 aromatic heterocycles. The molecule has 0 aliphatic carbocycles. The fourth-order valence-electron chi connectivity index (χ4n) is 1.05. The maximum Gasteiger partial charge on any atom is 0.334 e. The lowest BCUT2D eigenvalue weighted by atomic mass is 10.2. The van der Waals surface area contributed by atoms with Crippen molar-refractivity contribution in [2.45, 2.75) is 6.61 Å². The van der Waals surface area contributed by atoms with E-state index in [0.29, 0.717) is 0 Å². The van der Waals surface area contributed by atoms with Crippen molar-refractivity contribution in [1.82, 2.24) is 0 Å². The number of methoxy groups -OCH3 is 2. The Labute approximate surface area is 94.4 Å². The average molecular weight is 222 g/mol. The summed E-state index contributed by atoms with van der Waals surface area (Å²) >= 11 is 0. The standard InChI is InChI=1S/C12H14O4/c1-14-8-7-12(13)16-9-10-3-5-11(15-2)6-4-10/h3-8H,9H2,1-2H3/b8-7+. The summed E-state index contributed by atoms with van der Waals surface area (Å²) in [6, 6.07) is 7.31. The van der Waals surface area contributed by atoms with Gasteiger partial charge in [0.05, 0.1) is 26.6 Å². The highest BCUT2D eigenvalue weighted by Crippen LogP contribution is 2.11. The van der Waals surface area contributed by atoms with Gasteiger partial charge in [0.25, 0.3) is 0 Å². The van der Waals surface area contributed by atoms with Gasteiger partial charge in [0.15, 0.2) is 0 Å². The predicted molar refractivity (Wildman–Crippen MR) is 58.9 cm³/mol. The quantitative estimate of drug-likeness (QED) is 0.433. The predicted octanol–water partition coefficient (Wildman–Crippen LogP) is 1.90. The summed E-state index contributed by atoms with van der Waals surface area (Å²) in [6.45, 7) is 0.233. The molecule has 1 aromatic rings. The topological polar surface area (TPSA) is 44.8 Å². The Morgan fingerprint density at radius 2 is 1.94 bits per heavy atom. The van der Waals surface area contributed by atoms with Gasteiger partial charge in [0.1, 0.15) is 12.4 Å². The third-order valence-electron chi connectivity index (χ3n) is 1.88. The maximum atomic E-state index is 11.1. The molecule has 0 radical (unpaired) electrons. The zero-order valence-electron chi connectivity index (χ0n) is 9.30. The number of carbonyl (C=O) groups is 1. The van der Waals surface area contributed by atoms with Gasteiger partial charge in [0.2, 0.25) is 0 Å². The van der Waals surface area contributed by atoms with E-state index in [-0.39, 0.29) is 6.61 Å². The molecule has 1 rings (SSSR count). The van der Waals surface area contributed by atoms with E-state index in [1.165, 1.54) is 19.4 Å². The van der Waals surface area contributed by atoms with E-state index in [0.717, 1.165) is 11.3 Å². The number of benzene rings is 1. The molecule has 0 unspecified atom stereocenters. The summed E-state index contributed by atoms with van der Waals surface area (Å²) in [6.07, 6.45) is 2.50. The molecule has 1 aromatic carbocycles. The van der Waals surface area contributed by atoms with Gasteiger partial charge < -0.3 is 14.2 Å².